The normalized spacial score (nSPS) is 12.9. The number of amides is 2. The van der Waals surface area contributed by atoms with E-state index in [0.717, 1.165) is 0 Å². The van der Waals surface area contributed by atoms with Gasteiger partial charge in [-0.05, 0) is 44.5 Å². The fourth-order valence-corrected chi connectivity index (χ4v) is 3.89. The summed E-state index contributed by atoms with van der Waals surface area (Å²) in [6.45, 7) is 4.12. The summed E-state index contributed by atoms with van der Waals surface area (Å²) in [4.78, 5) is 40.2. The molecule has 12 nitrogen and oxygen atoms in total. The molecule has 1 saturated heterocycles. The standard InChI is InChI=1S/C25H27N5O7/c1-5-36-25(33)37-22-19(34-3)14-17(15-20(22)35-4)23(31)28-12-9-13-29(28)24(32)21-16(2)26-30(27-21)18-10-7-6-8-11-18/h6-8,10-11,14-15H,5,9,12-13H2,1-4H3. The van der Waals surface area contributed by atoms with E-state index in [1.165, 1.54) is 41.2 Å². The minimum Gasteiger partial charge on any atom is -0.493 e. The molecule has 1 aliphatic heterocycles. The quantitative estimate of drug-likeness (QED) is 0.349. The number of rotatable bonds is 7. The van der Waals surface area contributed by atoms with Crippen molar-refractivity contribution in [2.24, 2.45) is 0 Å². The Hall–Kier alpha value is -4.61. The van der Waals surface area contributed by atoms with Gasteiger partial charge in [0.2, 0.25) is 5.75 Å². The molecule has 194 valence electrons. The third-order valence-corrected chi connectivity index (χ3v) is 5.63. The zero-order valence-electron chi connectivity index (χ0n) is 21.0. The predicted octanol–water partition coefficient (Wildman–Crippen LogP) is 3.03. The van der Waals surface area contributed by atoms with E-state index in [4.69, 9.17) is 18.9 Å². The van der Waals surface area contributed by atoms with Gasteiger partial charge in [-0.15, -0.1) is 5.10 Å². The first-order valence-electron chi connectivity index (χ1n) is 11.6. The van der Waals surface area contributed by atoms with E-state index in [1.807, 2.05) is 30.3 Å². The molecule has 1 aromatic heterocycles. The van der Waals surface area contributed by atoms with Crippen LogP contribution >= 0.6 is 0 Å². The van der Waals surface area contributed by atoms with Gasteiger partial charge in [-0.2, -0.15) is 9.90 Å². The molecule has 0 radical (unpaired) electrons. The molecule has 2 heterocycles. The van der Waals surface area contributed by atoms with Crippen LogP contribution in [0.4, 0.5) is 4.79 Å². The monoisotopic (exact) mass is 509 g/mol. The molecule has 0 saturated carbocycles. The molecule has 0 spiro atoms. The highest BCUT2D eigenvalue weighted by Crippen LogP contribution is 2.39. The molecule has 0 aliphatic carbocycles. The molecule has 4 rings (SSSR count). The van der Waals surface area contributed by atoms with Crippen LogP contribution in [-0.4, -0.2) is 76.9 Å². The first-order chi connectivity index (χ1) is 17.9. The average Bonchev–Trinajstić information content (AvgIpc) is 3.55. The second-order valence-corrected chi connectivity index (χ2v) is 7.96. The van der Waals surface area contributed by atoms with Crippen molar-refractivity contribution in [1.82, 2.24) is 25.0 Å². The van der Waals surface area contributed by atoms with E-state index in [0.29, 0.717) is 30.9 Å². The summed E-state index contributed by atoms with van der Waals surface area (Å²) in [5.74, 6) is -0.739. The van der Waals surface area contributed by atoms with Crippen LogP contribution in [0.5, 0.6) is 17.2 Å². The summed E-state index contributed by atoms with van der Waals surface area (Å²) in [6.07, 6.45) is -0.352. The highest BCUT2D eigenvalue weighted by atomic mass is 16.7. The van der Waals surface area contributed by atoms with Crippen LogP contribution in [0, 0.1) is 6.92 Å². The number of hydrazine groups is 1. The number of benzene rings is 2. The summed E-state index contributed by atoms with van der Waals surface area (Å²) in [7, 11) is 2.73. The van der Waals surface area contributed by atoms with E-state index in [9.17, 15) is 14.4 Å². The lowest BCUT2D eigenvalue weighted by molar-refractivity contribution is 0.0181. The summed E-state index contributed by atoms with van der Waals surface area (Å²) >= 11 is 0. The van der Waals surface area contributed by atoms with E-state index in [2.05, 4.69) is 10.2 Å². The number of hydrogen-bond donors (Lipinski definition) is 0. The Morgan fingerprint density at radius 3 is 2.14 bits per heavy atom. The van der Waals surface area contributed by atoms with Crippen molar-refractivity contribution in [2.75, 3.05) is 33.9 Å². The fraction of sp³-hybridized carbons (Fsp3) is 0.320. The van der Waals surface area contributed by atoms with Crippen LogP contribution in [-0.2, 0) is 4.74 Å². The average molecular weight is 510 g/mol. The number of para-hydroxylation sites is 1. The maximum absolute atomic E-state index is 13.5. The molecular weight excluding hydrogens is 482 g/mol. The lowest BCUT2D eigenvalue weighted by Gasteiger charge is -2.27. The van der Waals surface area contributed by atoms with Gasteiger partial charge in [-0.3, -0.25) is 9.59 Å². The number of hydrogen-bond acceptors (Lipinski definition) is 9. The van der Waals surface area contributed by atoms with Crippen molar-refractivity contribution in [3.63, 3.8) is 0 Å². The smallest absolute Gasteiger partial charge is 0.493 e. The molecule has 2 aromatic carbocycles. The Morgan fingerprint density at radius 1 is 0.919 bits per heavy atom. The second kappa shape index (κ2) is 11.0. The lowest BCUT2D eigenvalue weighted by Crippen LogP contribution is -2.45. The van der Waals surface area contributed by atoms with Gasteiger partial charge in [-0.1, -0.05) is 18.2 Å². The molecule has 2 amide bonds. The number of nitrogens with zero attached hydrogens (tertiary/aromatic N) is 5. The zero-order valence-corrected chi connectivity index (χ0v) is 21.0. The van der Waals surface area contributed by atoms with Crippen LogP contribution in [0.1, 0.15) is 39.9 Å². The van der Waals surface area contributed by atoms with Gasteiger partial charge in [0, 0.05) is 18.7 Å². The fourth-order valence-electron chi connectivity index (χ4n) is 3.89. The number of ether oxygens (including phenoxy) is 4. The van der Waals surface area contributed by atoms with Crippen LogP contribution in [0.2, 0.25) is 0 Å². The summed E-state index contributed by atoms with van der Waals surface area (Å²) in [5, 5.41) is 11.4. The van der Waals surface area contributed by atoms with Crippen molar-refractivity contribution in [2.45, 2.75) is 20.3 Å². The molecule has 37 heavy (non-hydrogen) atoms. The zero-order chi connectivity index (χ0) is 26.5. The SMILES string of the molecule is CCOC(=O)Oc1c(OC)cc(C(=O)N2CCCN2C(=O)c2nn(-c3ccccc3)nc2C)cc1OC. The number of carbonyl (C=O) groups excluding carboxylic acids is 3. The van der Waals surface area contributed by atoms with Gasteiger partial charge < -0.3 is 18.9 Å². The molecule has 0 bridgehead atoms. The van der Waals surface area contributed by atoms with Crippen LogP contribution in [0.3, 0.4) is 0 Å². The summed E-state index contributed by atoms with van der Waals surface area (Å²) in [6, 6.07) is 12.1. The minimum absolute atomic E-state index is 0.0255. The van der Waals surface area contributed by atoms with E-state index in [-0.39, 0.29) is 35.1 Å². The van der Waals surface area contributed by atoms with Crippen molar-refractivity contribution in [3.8, 4) is 22.9 Å². The van der Waals surface area contributed by atoms with Crippen molar-refractivity contribution in [1.29, 1.82) is 0 Å². The molecule has 1 aliphatic rings. The summed E-state index contributed by atoms with van der Waals surface area (Å²) in [5.41, 5.74) is 1.48. The third-order valence-electron chi connectivity index (χ3n) is 5.63. The topological polar surface area (TPSA) is 125 Å². The number of methoxy groups -OCH3 is 2. The molecule has 0 N–H and O–H groups in total. The highest BCUT2D eigenvalue weighted by molar-refractivity contribution is 5.99. The lowest BCUT2D eigenvalue weighted by atomic mass is 10.1. The minimum atomic E-state index is -0.937. The summed E-state index contributed by atoms with van der Waals surface area (Å²) < 4.78 is 20.7. The van der Waals surface area contributed by atoms with Crippen molar-refractivity contribution in [3.05, 3.63) is 59.4 Å². The first kappa shape index (κ1) is 25.5. The Kier molecular flexibility index (Phi) is 7.56. The molecule has 3 aromatic rings. The Bertz CT molecular complexity index is 1280. The molecule has 0 atom stereocenters. The Morgan fingerprint density at radius 2 is 1.54 bits per heavy atom. The molecule has 12 heteroatoms. The molecule has 1 fully saturated rings. The predicted molar refractivity (Wildman–Crippen MR) is 130 cm³/mol. The van der Waals surface area contributed by atoms with Crippen LogP contribution < -0.4 is 14.2 Å². The maximum Gasteiger partial charge on any atom is 0.514 e. The Balaban J connectivity index is 1.61. The number of carbonyl (C=O) groups is 3. The van der Waals surface area contributed by atoms with E-state index in [1.54, 1.807) is 13.8 Å². The molecule has 0 unspecified atom stereocenters. The van der Waals surface area contributed by atoms with Gasteiger partial charge in [-0.25, -0.2) is 14.8 Å². The maximum atomic E-state index is 13.5. The van der Waals surface area contributed by atoms with Gasteiger partial charge in [0.05, 0.1) is 32.2 Å². The first-order valence-corrected chi connectivity index (χ1v) is 11.6. The van der Waals surface area contributed by atoms with Crippen LogP contribution in [0.15, 0.2) is 42.5 Å². The van der Waals surface area contributed by atoms with Gasteiger partial charge in [0.15, 0.2) is 17.2 Å². The Labute approximate surface area is 213 Å². The number of aromatic nitrogens is 3. The van der Waals surface area contributed by atoms with Gasteiger partial charge in [0.25, 0.3) is 11.8 Å². The van der Waals surface area contributed by atoms with Crippen molar-refractivity contribution >= 4 is 18.0 Å². The second-order valence-electron chi connectivity index (χ2n) is 7.96. The van der Waals surface area contributed by atoms with Gasteiger partial charge >= 0.3 is 6.16 Å². The molecular formula is C25H27N5O7. The third kappa shape index (κ3) is 5.17. The number of aryl methyl sites for hydroxylation is 1. The largest absolute Gasteiger partial charge is 0.514 e. The van der Waals surface area contributed by atoms with E-state index < -0.39 is 18.0 Å². The van der Waals surface area contributed by atoms with Crippen LogP contribution in [0.25, 0.3) is 5.69 Å². The highest BCUT2D eigenvalue weighted by Gasteiger charge is 2.35. The van der Waals surface area contributed by atoms with Gasteiger partial charge in [0.1, 0.15) is 0 Å². The van der Waals surface area contributed by atoms with E-state index >= 15 is 0 Å². The van der Waals surface area contributed by atoms with Crippen molar-refractivity contribution < 1.29 is 33.3 Å².